The van der Waals surface area contributed by atoms with Crippen LogP contribution in [0.3, 0.4) is 0 Å². The predicted molar refractivity (Wildman–Crippen MR) is 58.8 cm³/mol. The summed E-state index contributed by atoms with van der Waals surface area (Å²) in [5, 5.41) is 0. The molecule has 0 saturated heterocycles. The van der Waals surface area contributed by atoms with E-state index in [-0.39, 0.29) is 5.78 Å². The van der Waals surface area contributed by atoms with Crippen LogP contribution in [-0.2, 0) is 11.2 Å². The minimum absolute atomic E-state index is 0.0655. The van der Waals surface area contributed by atoms with Crippen molar-refractivity contribution >= 4 is 11.5 Å². The fraction of sp³-hybridized carbons (Fsp3) is 0.333. The van der Waals surface area contributed by atoms with E-state index in [4.69, 9.17) is 0 Å². The van der Waals surface area contributed by atoms with E-state index in [0.29, 0.717) is 18.7 Å². The van der Waals surface area contributed by atoms with Gasteiger partial charge < -0.3 is 0 Å². The molecule has 0 radical (unpaired) electrons. The van der Waals surface area contributed by atoms with Crippen LogP contribution in [0.1, 0.15) is 19.4 Å². The number of carbonyl (C=O) groups is 1. The highest BCUT2D eigenvalue weighted by atomic mass is 16.1. The molecule has 0 spiro atoms. The number of ketones is 1. The zero-order valence-corrected chi connectivity index (χ0v) is 8.66. The molecule has 1 rings (SSSR count). The molecule has 0 aliphatic carbocycles. The minimum atomic E-state index is 0.0655. The van der Waals surface area contributed by atoms with Crippen LogP contribution in [0.15, 0.2) is 35.3 Å². The SMILES string of the molecule is CCN=C(Cc1ccccc1)C(C)=O. The van der Waals surface area contributed by atoms with E-state index in [1.165, 1.54) is 0 Å². The molecule has 0 fully saturated rings. The van der Waals surface area contributed by atoms with Gasteiger partial charge in [-0.25, -0.2) is 0 Å². The van der Waals surface area contributed by atoms with Crippen molar-refractivity contribution in [1.29, 1.82) is 0 Å². The summed E-state index contributed by atoms with van der Waals surface area (Å²) in [4.78, 5) is 15.4. The predicted octanol–water partition coefficient (Wildman–Crippen LogP) is 2.28. The zero-order valence-electron chi connectivity index (χ0n) is 8.66. The molecule has 0 atom stereocenters. The molecular weight excluding hydrogens is 174 g/mol. The van der Waals surface area contributed by atoms with E-state index >= 15 is 0 Å². The first kappa shape index (κ1) is 10.6. The minimum Gasteiger partial charge on any atom is -0.293 e. The van der Waals surface area contributed by atoms with Crippen LogP contribution in [0, 0.1) is 0 Å². The van der Waals surface area contributed by atoms with Gasteiger partial charge in [-0.1, -0.05) is 30.3 Å². The van der Waals surface area contributed by atoms with Crippen LogP contribution in [0.2, 0.25) is 0 Å². The van der Waals surface area contributed by atoms with Gasteiger partial charge in [0.05, 0.1) is 5.71 Å². The Balaban J connectivity index is 2.76. The number of hydrogen-bond donors (Lipinski definition) is 0. The van der Waals surface area contributed by atoms with E-state index in [2.05, 4.69) is 4.99 Å². The molecule has 0 aliphatic rings. The maximum atomic E-state index is 11.2. The molecule has 0 N–H and O–H groups in total. The topological polar surface area (TPSA) is 29.4 Å². The Bertz CT molecular complexity index is 327. The third kappa shape index (κ3) is 3.13. The monoisotopic (exact) mass is 189 g/mol. The van der Waals surface area contributed by atoms with E-state index in [0.717, 1.165) is 5.56 Å². The maximum absolute atomic E-state index is 11.2. The number of Topliss-reactive ketones (excluding diaryl/α,β-unsaturated/α-hetero) is 1. The van der Waals surface area contributed by atoms with Crippen molar-refractivity contribution in [3.63, 3.8) is 0 Å². The summed E-state index contributed by atoms with van der Waals surface area (Å²) in [6, 6.07) is 9.92. The van der Waals surface area contributed by atoms with Gasteiger partial charge in [0.25, 0.3) is 0 Å². The second kappa shape index (κ2) is 5.32. The smallest absolute Gasteiger partial charge is 0.173 e. The molecule has 0 bridgehead atoms. The van der Waals surface area contributed by atoms with Gasteiger partial charge in [-0.15, -0.1) is 0 Å². The summed E-state index contributed by atoms with van der Waals surface area (Å²) in [6.07, 6.45) is 0.643. The molecule has 0 saturated carbocycles. The fourth-order valence-corrected chi connectivity index (χ4v) is 1.27. The standard InChI is InChI=1S/C12H15NO/c1-3-13-12(10(2)14)9-11-7-5-4-6-8-11/h4-8H,3,9H2,1-2H3. The fourth-order valence-electron chi connectivity index (χ4n) is 1.27. The van der Waals surface area contributed by atoms with E-state index in [9.17, 15) is 4.79 Å². The van der Waals surface area contributed by atoms with Gasteiger partial charge in [0.2, 0.25) is 0 Å². The van der Waals surface area contributed by atoms with Crippen LogP contribution in [0.5, 0.6) is 0 Å². The molecule has 0 unspecified atom stereocenters. The summed E-state index contributed by atoms with van der Waals surface area (Å²) >= 11 is 0. The second-order valence-corrected chi connectivity index (χ2v) is 3.14. The summed E-state index contributed by atoms with van der Waals surface area (Å²) in [5.41, 5.74) is 1.80. The Kier molecular flexibility index (Phi) is 4.05. The van der Waals surface area contributed by atoms with Crippen LogP contribution in [-0.4, -0.2) is 18.0 Å². The molecule has 74 valence electrons. The normalized spacial score (nSPS) is 11.4. The largest absolute Gasteiger partial charge is 0.293 e. The number of nitrogens with zero attached hydrogens (tertiary/aromatic N) is 1. The Hall–Kier alpha value is -1.44. The number of carbonyl (C=O) groups excluding carboxylic acids is 1. The molecule has 1 aromatic carbocycles. The number of hydrogen-bond acceptors (Lipinski definition) is 2. The van der Waals surface area contributed by atoms with Gasteiger partial charge in [-0.05, 0) is 12.5 Å². The van der Waals surface area contributed by atoms with Crippen molar-refractivity contribution in [3.8, 4) is 0 Å². The van der Waals surface area contributed by atoms with Gasteiger partial charge in [0.1, 0.15) is 0 Å². The number of rotatable bonds is 4. The lowest BCUT2D eigenvalue weighted by molar-refractivity contribution is -0.111. The molecular formula is C12H15NO. The van der Waals surface area contributed by atoms with E-state index in [1.807, 2.05) is 37.3 Å². The molecule has 2 heteroatoms. The lowest BCUT2D eigenvalue weighted by Gasteiger charge is -2.02. The van der Waals surface area contributed by atoms with Crippen molar-refractivity contribution < 1.29 is 4.79 Å². The average Bonchev–Trinajstić information content (AvgIpc) is 2.18. The molecule has 1 aromatic rings. The zero-order chi connectivity index (χ0) is 10.4. The molecule has 0 amide bonds. The van der Waals surface area contributed by atoms with Gasteiger partial charge in [-0.2, -0.15) is 0 Å². The summed E-state index contributed by atoms with van der Waals surface area (Å²) in [7, 11) is 0. The first-order valence-corrected chi connectivity index (χ1v) is 4.82. The average molecular weight is 189 g/mol. The van der Waals surface area contributed by atoms with Crippen LogP contribution < -0.4 is 0 Å². The Labute approximate surface area is 84.7 Å². The Morgan fingerprint density at radius 1 is 1.29 bits per heavy atom. The van der Waals surface area contributed by atoms with Crippen molar-refractivity contribution in [3.05, 3.63) is 35.9 Å². The molecule has 14 heavy (non-hydrogen) atoms. The van der Waals surface area contributed by atoms with Gasteiger partial charge in [0, 0.05) is 19.9 Å². The van der Waals surface area contributed by atoms with Gasteiger partial charge in [0.15, 0.2) is 5.78 Å². The molecule has 2 nitrogen and oxygen atoms in total. The van der Waals surface area contributed by atoms with Crippen molar-refractivity contribution in [2.24, 2.45) is 4.99 Å². The molecule has 0 heterocycles. The molecule has 0 aromatic heterocycles. The Morgan fingerprint density at radius 3 is 2.43 bits per heavy atom. The number of aliphatic imine (C=N–C) groups is 1. The van der Waals surface area contributed by atoms with Crippen LogP contribution in [0.25, 0.3) is 0 Å². The van der Waals surface area contributed by atoms with Gasteiger partial charge in [-0.3, -0.25) is 9.79 Å². The maximum Gasteiger partial charge on any atom is 0.173 e. The highest BCUT2D eigenvalue weighted by Crippen LogP contribution is 2.01. The van der Waals surface area contributed by atoms with E-state index in [1.54, 1.807) is 6.92 Å². The highest BCUT2D eigenvalue weighted by molar-refractivity contribution is 6.39. The highest BCUT2D eigenvalue weighted by Gasteiger charge is 2.05. The quantitative estimate of drug-likeness (QED) is 0.668. The third-order valence-electron chi connectivity index (χ3n) is 1.97. The number of benzene rings is 1. The second-order valence-electron chi connectivity index (χ2n) is 3.14. The summed E-state index contributed by atoms with van der Waals surface area (Å²) < 4.78 is 0. The van der Waals surface area contributed by atoms with Gasteiger partial charge >= 0.3 is 0 Å². The summed E-state index contributed by atoms with van der Waals surface area (Å²) in [6.45, 7) is 4.17. The van der Waals surface area contributed by atoms with Crippen molar-refractivity contribution in [1.82, 2.24) is 0 Å². The Morgan fingerprint density at radius 2 is 1.93 bits per heavy atom. The lowest BCUT2D eigenvalue weighted by Crippen LogP contribution is -2.13. The summed E-state index contributed by atoms with van der Waals surface area (Å²) in [5.74, 6) is 0.0655. The first-order chi connectivity index (χ1) is 6.74. The first-order valence-electron chi connectivity index (χ1n) is 4.82. The van der Waals surface area contributed by atoms with Crippen LogP contribution >= 0.6 is 0 Å². The third-order valence-corrected chi connectivity index (χ3v) is 1.97. The lowest BCUT2D eigenvalue weighted by atomic mass is 10.1. The van der Waals surface area contributed by atoms with Crippen molar-refractivity contribution in [2.45, 2.75) is 20.3 Å². The van der Waals surface area contributed by atoms with Crippen LogP contribution in [0.4, 0.5) is 0 Å². The van der Waals surface area contributed by atoms with E-state index < -0.39 is 0 Å². The van der Waals surface area contributed by atoms with Crippen molar-refractivity contribution in [2.75, 3.05) is 6.54 Å². The molecule has 0 aliphatic heterocycles.